The first-order chi connectivity index (χ1) is 13.3. The van der Waals surface area contributed by atoms with Crippen LogP contribution < -0.4 is 15.1 Å². The Bertz CT molecular complexity index is 1180. The van der Waals surface area contributed by atoms with Crippen molar-refractivity contribution < 1.29 is 28.4 Å². The van der Waals surface area contributed by atoms with Crippen molar-refractivity contribution in [2.45, 2.75) is 6.92 Å². The molecular weight excluding hydrogens is 370 g/mol. The summed E-state index contributed by atoms with van der Waals surface area (Å²) >= 11 is 0. The molecular formula is C19H13NO8. The molecule has 0 saturated heterocycles. The highest BCUT2D eigenvalue weighted by Gasteiger charge is 2.21. The number of benzene rings is 2. The number of nitro groups is 1. The number of Topliss-reactive ketones (excluding diaryl/α,β-unsaturated/α-hetero) is 1. The highest BCUT2D eigenvalue weighted by atomic mass is 16.6. The van der Waals surface area contributed by atoms with E-state index in [1.807, 2.05) is 0 Å². The summed E-state index contributed by atoms with van der Waals surface area (Å²) < 4.78 is 15.3. The number of nitrogens with zero attached hydrogens (tertiary/aromatic N) is 1. The largest absolute Gasteiger partial charge is 0.493 e. The predicted molar refractivity (Wildman–Crippen MR) is 97.1 cm³/mol. The van der Waals surface area contributed by atoms with Crippen molar-refractivity contribution in [2.24, 2.45) is 0 Å². The van der Waals surface area contributed by atoms with E-state index in [0.29, 0.717) is 0 Å². The first-order valence-electron chi connectivity index (χ1n) is 7.94. The summed E-state index contributed by atoms with van der Waals surface area (Å²) in [6.45, 7) is 1.31. The van der Waals surface area contributed by atoms with E-state index in [2.05, 4.69) is 0 Å². The molecule has 0 aliphatic heterocycles. The molecule has 0 spiro atoms. The number of esters is 1. The monoisotopic (exact) mass is 383 g/mol. The van der Waals surface area contributed by atoms with Crippen molar-refractivity contribution in [3.8, 4) is 11.5 Å². The molecule has 0 atom stereocenters. The third-order valence-corrected chi connectivity index (χ3v) is 3.90. The number of non-ortho nitro benzene ring substituents is 1. The average Bonchev–Trinajstić information content (AvgIpc) is 2.66. The van der Waals surface area contributed by atoms with Gasteiger partial charge in [-0.15, -0.1) is 0 Å². The number of rotatable bonds is 5. The Balaban J connectivity index is 2.09. The van der Waals surface area contributed by atoms with Gasteiger partial charge in [-0.05, 0) is 25.1 Å². The van der Waals surface area contributed by atoms with Crippen LogP contribution in [-0.4, -0.2) is 23.8 Å². The molecule has 0 saturated carbocycles. The summed E-state index contributed by atoms with van der Waals surface area (Å²) in [5, 5.41) is 11.2. The minimum absolute atomic E-state index is 0.0175. The number of fused-ring (bicyclic) bond motifs is 1. The highest BCUT2D eigenvalue weighted by Crippen LogP contribution is 2.31. The topological polar surface area (TPSA) is 126 Å². The minimum atomic E-state index is -1.06. The lowest BCUT2D eigenvalue weighted by atomic mass is 10.1. The molecule has 0 fully saturated rings. The molecule has 2 aromatic carbocycles. The fourth-order valence-electron chi connectivity index (χ4n) is 2.59. The maximum atomic E-state index is 12.5. The van der Waals surface area contributed by atoms with Gasteiger partial charge >= 0.3 is 11.6 Å². The molecule has 28 heavy (non-hydrogen) atoms. The lowest BCUT2D eigenvalue weighted by Gasteiger charge is -2.08. The Morgan fingerprint density at radius 1 is 1.07 bits per heavy atom. The van der Waals surface area contributed by atoms with Gasteiger partial charge in [-0.25, -0.2) is 9.59 Å². The molecule has 0 unspecified atom stereocenters. The van der Waals surface area contributed by atoms with Crippen LogP contribution >= 0.6 is 0 Å². The van der Waals surface area contributed by atoms with Crippen LogP contribution in [-0.2, 0) is 0 Å². The van der Waals surface area contributed by atoms with Gasteiger partial charge in [-0.2, -0.15) is 0 Å². The summed E-state index contributed by atoms with van der Waals surface area (Å²) in [7, 11) is 1.26. The van der Waals surface area contributed by atoms with Crippen LogP contribution in [0.2, 0.25) is 0 Å². The molecule has 9 heteroatoms. The van der Waals surface area contributed by atoms with Crippen LogP contribution in [0, 0.1) is 10.1 Å². The molecule has 3 rings (SSSR count). The highest BCUT2D eigenvalue weighted by molar-refractivity contribution is 6.00. The normalized spacial score (nSPS) is 10.5. The summed E-state index contributed by atoms with van der Waals surface area (Å²) in [4.78, 5) is 46.8. The van der Waals surface area contributed by atoms with Gasteiger partial charge in [0.2, 0.25) is 0 Å². The summed E-state index contributed by atoms with van der Waals surface area (Å²) in [6.07, 6.45) is 0. The van der Waals surface area contributed by atoms with Crippen LogP contribution in [0.4, 0.5) is 5.69 Å². The van der Waals surface area contributed by atoms with Gasteiger partial charge in [-0.3, -0.25) is 14.9 Å². The van der Waals surface area contributed by atoms with Crippen LogP contribution in [0.1, 0.15) is 27.6 Å². The van der Waals surface area contributed by atoms with E-state index in [1.54, 1.807) is 12.1 Å². The number of ketones is 1. The number of para-hydroxylation sites is 1. The number of hydrogen-bond donors (Lipinski definition) is 0. The SMILES string of the molecule is COc1cc([N+](=O)[O-])cc2cc(C(=O)Oc3ccccc3C(C)=O)c(=O)oc12. The smallest absolute Gasteiger partial charge is 0.351 e. The zero-order valence-electron chi connectivity index (χ0n) is 14.8. The number of hydrogen-bond acceptors (Lipinski definition) is 8. The van der Waals surface area contributed by atoms with Gasteiger partial charge in [0.1, 0.15) is 11.3 Å². The fourth-order valence-corrected chi connectivity index (χ4v) is 2.59. The van der Waals surface area contributed by atoms with Crippen molar-refractivity contribution in [2.75, 3.05) is 7.11 Å². The number of methoxy groups -OCH3 is 1. The Hall–Kier alpha value is -4.01. The fraction of sp³-hybridized carbons (Fsp3) is 0.105. The maximum Gasteiger partial charge on any atom is 0.351 e. The van der Waals surface area contributed by atoms with Crippen molar-refractivity contribution in [1.29, 1.82) is 0 Å². The third-order valence-electron chi connectivity index (χ3n) is 3.90. The second-order valence-corrected chi connectivity index (χ2v) is 5.71. The third kappa shape index (κ3) is 3.45. The number of nitro benzene ring substituents is 1. The van der Waals surface area contributed by atoms with E-state index < -0.39 is 22.1 Å². The minimum Gasteiger partial charge on any atom is -0.493 e. The molecule has 0 aliphatic rings. The van der Waals surface area contributed by atoms with Gasteiger partial charge in [-0.1, -0.05) is 12.1 Å². The lowest BCUT2D eigenvalue weighted by molar-refractivity contribution is -0.384. The molecule has 1 aromatic heterocycles. The Morgan fingerprint density at radius 3 is 2.43 bits per heavy atom. The molecule has 1 heterocycles. The summed E-state index contributed by atoms with van der Waals surface area (Å²) in [5.41, 5.74) is -1.67. The molecule has 3 aromatic rings. The molecule has 0 aliphatic carbocycles. The predicted octanol–water partition coefficient (Wildman–Crippen LogP) is 3.13. The van der Waals surface area contributed by atoms with Crippen molar-refractivity contribution in [3.05, 3.63) is 74.1 Å². The zero-order valence-corrected chi connectivity index (χ0v) is 14.8. The van der Waals surface area contributed by atoms with Gasteiger partial charge in [0.15, 0.2) is 17.1 Å². The Labute approximate surface area is 157 Å². The van der Waals surface area contributed by atoms with Crippen molar-refractivity contribution >= 4 is 28.4 Å². The van der Waals surface area contributed by atoms with Crippen molar-refractivity contribution in [1.82, 2.24) is 0 Å². The van der Waals surface area contributed by atoms with Crippen LogP contribution in [0.5, 0.6) is 11.5 Å². The lowest BCUT2D eigenvalue weighted by Crippen LogP contribution is -2.19. The average molecular weight is 383 g/mol. The van der Waals surface area contributed by atoms with E-state index in [1.165, 1.54) is 26.2 Å². The Morgan fingerprint density at radius 2 is 1.79 bits per heavy atom. The van der Waals surface area contributed by atoms with E-state index in [0.717, 1.165) is 18.2 Å². The first kappa shape index (κ1) is 18.8. The van der Waals surface area contributed by atoms with Crippen LogP contribution in [0.25, 0.3) is 11.0 Å². The summed E-state index contributed by atoms with van der Waals surface area (Å²) in [5.74, 6) is -1.43. The second kappa shape index (κ2) is 7.31. The number of carbonyl (C=O) groups excluding carboxylic acids is 2. The Kier molecular flexibility index (Phi) is 4.90. The number of ether oxygens (including phenoxy) is 2. The molecule has 0 radical (unpaired) electrons. The van der Waals surface area contributed by atoms with E-state index in [9.17, 15) is 24.5 Å². The van der Waals surface area contributed by atoms with Crippen LogP contribution in [0.15, 0.2) is 51.7 Å². The summed E-state index contributed by atoms with van der Waals surface area (Å²) in [6, 6.07) is 9.41. The number of carbonyl (C=O) groups is 2. The maximum absolute atomic E-state index is 12.5. The van der Waals surface area contributed by atoms with Gasteiger partial charge in [0.25, 0.3) is 5.69 Å². The molecule has 9 nitrogen and oxygen atoms in total. The molecule has 0 N–H and O–H groups in total. The zero-order chi connectivity index (χ0) is 20.4. The quantitative estimate of drug-likeness (QED) is 0.164. The van der Waals surface area contributed by atoms with E-state index in [4.69, 9.17) is 13.9 Å². The van der Waals surface area contributed by atoms with Crippen LogP contribution in [0.3, 0.4) is 0 Å². The molecule has 0 bridgehead atoms. The second-order valence-electron chi connectivity index (χ2n) is 5.71. The first-order valence-corrected chi connectivity index (χ1v) is 7.94. The molecule has 142 valence electrons. The van der Waals surface area contributed by atoms with Crippen molar-refractivity contribution in [3.63, 3.8) is 0 Å². The molecule has 0 amide bonds. The van der Waals surface area contributed by atoms with E-state index >= 15 is 0 Å². The standard InChI is InChI=1S/C19H13NO8/c1-10(21)13-5-3-4-6-15(13)27-18(22)14-8-11-7-12(20(24)25)9-16(26-2)17(11)28-19(14)23/h3-9H,1-2H3. The van der Waals surface area contributed by atoms with Gasteiger partial charge < -0.3 is 13.9 Å². The van der Waals surface area contributed by atoms with Gasteiger partial charge in [0, 0.05) is 11.5 Å². The van der Waals surface area contributed by atoms with E-state index in [-0.39, 0.29) is 39.5 Å². The van der Waals surface area contributed by atoms with Gasteiger partial charge in [0.05, 0.1) is 23.7 Å².